The van der Waals surface area contributed by atoms with Gasteiger partial charge in [-0.15, -0.1) is 11.3 Å². The number of aryl methyl sites for hydroxylation is 3. The number of nitrogens with zero attached hydrogens (tertiary/aromatic N) is 2. The average Bonchev–Trinajstić information content (AvgIpc) is 3.07. The van der Waals surface area contributed by atoms with Gasteiger partial charge in [0.1, 0.15) is 4.83 Å². The highest BCUT2D eigenvalue weighted by Crippen LogP contribution is 2.33. The van der Waals surface area contributed by atoms with Crippen LogP contribution in [0.2, 0.25) is 0 Å². The molecule has 1 unspecified atom stereocenters. The summed E-state index contributed by atoms with van der Waals surface area (Å²) in [5, 5.41) is 3.77. The predicted octanol–water partition coefficient (Wildman–Crippen LogP) is 4.37. The number of benzene rings is 1. The van der Waals surface area contributed by atoms with Crippen molar-refractivity contribution in [1.82, 2.24) is 14.9 Å². The predicted molar refractivity (Wildman–Crippen MR) is 116 cm³/mol. The van der Waals surface area contributed by atoms with E-state index in [9.17, 15) is 9.59 Å². The van der Waals surface area contributed by atoms with Gasteiger partial charge in [-0.25, -0.2) is 4.98 Å². The summed E-state index contributed by atoms with van der Waals surface area (Å²) in [6.07, 6.45) is 6.14. The maximum absolute atomic E-state index is 13.0. The van der Waals surface area contributed by atoms with Gasteiger partial charge in [0, 0.05) is 22.3 Å². The van der Waals surface area contributed by atoms with Gasteiger partial charge >= 0.3 is 0 Å². The lowest BCUT2D eigenvalue weighted by atomic mass is 9.97. The monoisotopic (exact) mass is 459 g/mol. The number of carbonyl (C=O) groups is 1. The molecule has 3 aromatic rings. The van der Waals surface area contributed by atoms with Gasteiger partial charge in [-0.3, -0.25) is 14.2 Å². The van der Waals surface area contributed by atoms with E-state index in [0.29, 0.717) is 6.54 Å². The molecule has 4 rings (SSSR count). The molecule has 28 heavy (non-hydrogen) atoms. The molecule has 0 saturated carbocycles. The zero-order chi connectivity index (χ0) is 19.7. The Morgan fingerprint density at radius 1 is 1.32 bits per heavy atom. The first-order valence-electron chi connectivity index (χ1n) is 9.58. The van der Waals surface area contributed by atoms with E-state index >= 15 is 0 Å². The Morgan fingerprint density at radius 3 is 2.93 bits per heavy atom. The first-order chi connectivity index (χ1) is 13.5. The molecule has 0 saturated heterocycles. The molecule has 1 amide bonds. The molecule has 1 atom stereocenters. The maximum Gasteiger partial charge on any atom is 0.262 e. The number of rotatable bonds is 5. The van der Waals surface area contributed by atoms with Crippen molar-refractivity contribution < 1.29 is 4.79 Å². The normalized spacial score (nSPS) is 14.6. The third-order valence-electron chi connectivity index (χ3n) is 5.27. The van der Waals surface area contributed by atoms with Gasteiger partial charge in [0.2, 0.25) is 5.91 Å². The largest absolute Gasteiger partial charge is 0.349 e. The second-order valence-electron chi connectivity index (χ2n) is 7.19. The van der Waals surface area contributed by atoms with Gasteiger partial charge in [0.25, 0.3) is 5.56 Å². The number of carbonyl (C=O) groups excluding carboxylic acids is 1. The quantitative estimate of drug-likeness (QED) is 0.615. The number of hydrogen-bond acceptors (Lipinski definition) is 4. The van der Waals surface area contributed by atoms with Crippen molar-refractivity contribution in [1.29, 1.82) is 0 Å². The Balaban J connectivity index is 1.47. The fourth-order valence-electron chi connectivity index (χ4n) is 3.78. The zero-order valence-electron chi connectivity index (χ0n) is 15.7. The van der Waals surface area contributed by atoms with E-state index in [2.05, 4.69) is 26.2 Å². The first kappa shape index (κ1) is 19.3. The lowest BCUT2D eigenvalue weighted by Crippen LogP contribution is -2.29. The fraction of sp³-hybridized carbons (Fsp3) is 0.381. The van der Waals surface area contributed by atoms with Crippen LogP contribution in [0.15, 0.2) is 39.9 Å². The van der Waals surface area contributed by atoms with Crippen LogP contribution >= 0.6 is 27.3 Å². The van der Waals surface area contributed by atoms with Crippen LogP contribution in [0.1, 0.15) is 48.2 Å². The molecule has 5 nitrogen and oxygen atoms in total. The van der Waals surface area contributed by atoms with E-state index in [1.54, 1.807) is 22.2 Å². The third kappa shape index (κ3) is 3.78. The Kier molecular flexibility index (Phi) is 5.64. The standard InChI is InChI=1S/C21H22BrN3O2S/c1-13(14-6-2-4-8-16(14)22)24-18(26)10-11-25-12-23-20-19(21(25)27)15-7-3-5-9-17(15)28-20/h2,4,6,8,12-13H,3,5,7,9-11H2,1H3,(H,24,26). The summed E-state index contributed by atoms with van der Waals surface area (Å²) in [5.41, 5.74) is 2.20. The number of halogens is 1. The minimum Gasteiger partial charge on any atom is -0.349 e. The first-order valence-corrected chi connectivity index (χ1v) is 11.2. The highest BCUT2D eigenvalue weighted by molar-refractivity contribution is 9.10. The molecule has 0 fully saturated rings. The molecule has 146 valence electrons. The number of amides is 1. The molecule has 1 N–H and O–H groups in total. The van der Waals surface area contributed by atoms with Gasteiger partial charge in [-0.1, -0.05) is 34.1 Å². The minimum atomic E-state index is -0.107. The van der Waals surface area contributed by atoms with Crippen LogP contribution in [0.25, 0.3) is 10.2 Å². The van der Waals surface area contributed by atoms with E-state index in [1.807, 2.05) is 31.2 Å². The molecular weight excluding hydrogens is 438 g/mol. The highest BCUT2D eigenvalue weighted by atomic mass is 79.9. The van der Waals surface area contributed by atoms with E-state index in [4.69, 9.17) is 0 Å². The zero-order valence-corrected chi connectivity index (χ0v) is 18.1. The summed E-state index contributed by atoms with van der Waals surface area (Å²) in [7, 11) is 0. The molecule has 7 heteroatoms. The van der Waals surface area contributed by atoms with Crippen LogP contribution in [0.4, 0.5) is 0 Å². The van der Waals surface area contributed by atoms with Gasteiger partial charge in [-0.2, -0.15) is 0 Å². The van der Waals surface area contributed by atoms with Gasteiger partial charge in [-0.05, 0) is 49.8 Å². The molecule has 2 heterocycles. The number of nitrogens with one attached hydrogen (secondary N) is 1. The lowest BCUT2D eigenvalue weighted by molar-refractivity contribution is -0.121. The molecule has 0 bridgehead atoms. The number of fused-ring (bicyclic) bond motifs is 3. The van der Waals surface area contributed by atoms with Crippen LogP contribution in [0.3, 0.4) is 0 Å². The lowest BCUT2D eigenvalue weighted by Gasteiger charge is -2.16. The Bertz CT molecular complexity index is 1090. The second-order valence-corrected chi connectivity index (χ2v) is 9.13. The summed E-state index contributed by atoms with van der Waals surface area (Å²) in [6, 6.07) is 7.73. The molecule has 1 aliphatic rings. The van der Waals surface area contributed by atoms with Gasteiger partial charge in [0.05, 0.1) is 17.8 Å². The van der Waals surface area contributed by atoms with Gasteiger partial charge < -0.3 is 5.32 Å². The van der Waals surface area contributed by atoms with Crippen LogP contribution in [-0.4, -0.2) is 15.5 Å². The number of aromatic nitrogens is 2. The van der Waals surface area contributed by atoms with Crippen LogP contribution in [-0.2, 0) is 24.2 Å². The van der Waals surface area contributed by atoms with Crippen LogP contribution in [0, 0.1) is 0 Å². The molecule has 1 aromatic carbocycles. The van der Waals surface area contributed by atoms with Crippen molar-refractivity contribution in [2.45, 2.75) is 51.6 Å². The minimum absolute atomic E-state index is 0.0175. The van der Waals surface area contributed by atoms with E-state index in [-0.39, 0.29) is 23.9 Å². The SMILES string of the molecule is CC(NC(=O)CCn1cnc2sc3c(c2c1=O)CCCC3)c1ccccc1Br. The van der Waals surface area contributed by atoms with Crippen LogP contribution < -0.4 is 10.9 Å². The van der Waals surface area contributed by atoms with Gasteiger partial charge in [0.15, 0.2) is 0 Å². The summed E-state index contributed by atoms with van der Waals surface area (Å²) >= 11 is 5.16. The molecule has 2 aromatic heterocycles. The van der Waals surface area contributed by atoms with E-state index < -0.39 is 0 Å². The smallest absolute Gasteiger partial charge is 0.262 e. The summed E-state index contributed by atoms with van der Waals surface area (Å²) < 4.78 is 2.54. The van der Waals surface area contributed by atoms with E-state index in [0.717, 1.165) is 39.5 Å². The van der Waals surface area contributed by atoms with Crippen molar-refractivity contribution in [3.8, 4) is 0 Å². The molecule has 1 aliphatic carbocycles. The van der Waals surface area contributed by atoms with Crippen molar-refractivity contribution in [3.63, 3.8) is 0 Å². The van der Waals surface area contributed by atoms with Crippen LogP contribution in [0.5, 0.6) is 0 Å². The fourth-order valence-corrected chi connectivity index (χ4v) is 5.63. The maximum atomic E-state index is 13.0. The van der Waals surface area contributed by atoms with Crippen molar-refractivity contribution in [2.24, 2.45) is 0 Å². The van der Waals surface area contributed by atoms with Crippen molar-refractivity contribution in [2.75, 3.05) is 0 Å². The number of thiophene rings is 1. The molecule has 0 radical (unpaired) electrons. The summed E-state index contributed by atoms with van der Waals surface area (Å²) in [5.74, 6) is -0.0809. The average molecular weight is 460 g/mol. The topological polar surface area (TPSA) is 64.0 Å². The highest BCUT2D eigenvalue weighted by Gasteiger charge is 2.20. The molecular formula is C21H22BrN3O2S. The summed E-state index contributed by atoms with van der Waals surface area (Å²) in [6.45, 7) is 2.29. The number of hydrogen-bond donors (Lipinski definition) is 1. The van der Waals surface area contributed by atoms with E-state index in [1.165, 1.54) is 16.9 Å². The Hall–Kier alpha value is -1.99. The Labute approximate surface area is 175 Å². The van der Waals surface area contributed by atoms with Crippen molar-refractivity contribution in [3.05, 3.63) is 61.4 Å². The van der Waals surface area contributed by atoms with Crippen molar-refractivity contribution >= 4 is 43.4 Å². The third-order valence-corrected chi connectivity index (χ3v) is 7.19. The molecule has 0 aliphatic heterocycles. The molecule has 0 spiro atoms. The summed E-state index contributed by atoms with van der Waals surface area (Å²) in [4.78, 5) is 32.0. The second kappa shape index (κ2) is 8.17. The Morgan fingerprint density at radius 2 is 2.11 bits per heavy atom.